The van der Waals surface area contributed by atoms with Crippen molar-refractivity contribution in [2.24, 2.45) is 0 Å². The van der Waals surface area contributed by atoms with Crippen LogP contribution in [0, 0.1) is 0 Å². The Morgan fingerprint density at radius 1 is 1.26 bits per heavy atom. The highest BCUT2D eigenvalue weighted by molar-refractivity contribution is 5.94. The van der Waals surface area contributed by atoms with Gasteiger partial charge in [0, 0.05) is 23.6 Å². The summed E-state index contributed by atoms with van der Waals surface area (Å²) in [7, 11) is 0. The highest BCUT2D eigenvalue weighted by Crippen LogP contribution is 2.39. The Hall–Kier alpha value is -3.35. The normalized spacial score (nSPS) is 16.3. The zero-order valence-corrected chi connectivity index (χ0v) is 15.0. The number of carbonyl (C=O) groups is 2. The minimum Gasteiger partial charge on any atom is -0.478 e. The van der Waals surface area contributed by atoms with Crippen LogP contribution in [0.15, 0.2) is 47.0 Å². The van der Waals surface area contributed by atoms with E-state index in [2.05, 4.69) is 10.4 Å². The minimum atomic E-state index is -0.968. The Morgan fingerprint density at radius 2 is 2.00 bits per heavy atom. The second-order valence-electron chi connectivity index (χ2n) is 6.88. The molecule has 0 aliphatic carbocycles. The fraction of sp³-hybridized carbons (Fsp3) is 0.250. The van der Waals surface area contributed by atoms with Crippen LogP contribution in [0.3, 0.4) is 0 Å². The predicted molar refractivity (Wildman–Crippen MR) is 98.8 cm³/mol. The number of nitrogens with one attached hydrogen (secondary N) is 1. The van der Waals surface area contributed by atoms with E-state index < -0.39 is 5.97 Å². The summed E-state index contributed by atoms with van der Waals surface area (Å²) in [6.07, 6.45) is 2.07. The van der Waals surface area contributed by atoms with Gasteiger partial charge in [0.25, 0.3) is 0 Å². The SMILES string of the molecule is CC(C)n1ncc2c1NC(=O)CC2c1ccc(-c2ccc(C(=O)O)cc2)o1. The van der Waals surface area contributed by atoms with Crippen molar-refractivity contribution in [3.05, 3.63) is 59.5 Å². The molecule has 0 radical (unpaired) electrons. The third kappa shape index (κ3) is 3.01. The molecule has 1 unspecified atom stereocenters. The molecule has 0 saturated carbocycles. The molecule has 1 amide bonds. The van der Waals surface area contributed by atoms with Crippen molar-refractivity contribution in [2.45, 2.75) is 32.2 Å². The number of aromatic carboxylic acids is 1. The number of carboxylic acids is 1. The van der Waals surface area contributed by atoms with Crippen molar-refractivity contribution >= 4 is 17.7 Å². The fourth-order valence-electron chi connectivity index (χ4n) is 3.36. The molecule has 2 aromatic heterocycles. The van der Waals surface area contributed by atoms with Gasteiger partial charge in [-0.05, 0) is 38.1 Å². The van der Waals surface area contributed by atoms with Crippen LogP contribution in [0.1, 0.15) is 53.9 Å². The smallest absolute Gasteiger partial charge is 0.335 e. The molecule has 1 aliphatic heterocycles. The summed E-state index contributed by atoms with van der Waals surface area (Å²) in [5, 5.41) is 16.3. The van der Waals surface area contributed by atoms with Gasteiger partial charge in [-0.2, -0.15) is 5.10 Å². The number of hydrogen-bond acceptors (Lipinski definition) is 4. The first-order valence-electron chi connectivity index (χ1n) is 8.74. The Labute approximate surface area is 155 Å². The number of hydrogen-bond donors (Lipinski definition) is 2. The highest BCUT2D eigenvalue weighted by atomic mass is 16.4. The average molecular weight is 365 g/mol. The molecule has 3 aromatic rings. The first-order valence-corrected chi connectivity index (χ1v) is 8.74. The Bertz CT molecular complexity index is 1010. The van der Waals surface area contributed by atoms with Crippen LogP contribution >= 0.6 is 0 Å². The Kier molecular flexibility index (Phi) is 4.07. The number of amides is 1. The van der Waals surface area contributed by atoms with Gasteiger partial charge >= 0.3 is 5.97 Å². The first-order chi connectivity index (χ1) is 12.9. The van der Waals surface area contributed by atoms with E-state index in [1.807, 2.05) is 26.0 Å². The summed E-state index contributed by atoms with van der Waals surface area (Å²) in [5.74, 6) is 0.795. The maximum Gasteiger partial charge on any atom is 0.335 e. The van der Waals surface area contributed by atoms with Gasteiger partial charge in [0.15, 0.2) is 0 Å². The van der Waals surface area contributed by atoms with Gasteiger partial charge in [0.2, 0.25) is 5.91 Å². The first kappa shape index (κ1) is 17.1. The lowest BCUT2D eigenvalue weighted by Crippen LogP contribution is -2.25. The number of nitrogens with zero attached hydrogens (tertiary/aromatic N) is 2. The summed E-state index contributed by atoms with van der Waals surface area (Å²) in [4.78, 5) is 23.2. The molecule has 4 rings (SSSR count). The van der Waals surface area contributed by atoms with Gasteiger partial charge in [-0.15, -0.1) is 0 Å². The molecule has 7 heteroatoms. The molecule has 3 heterocycles. The minimum absolute atomic E-state index is 0.0707. The van der Waals surface area contributed by atoms with Crippen molar-refractivity contribution in [1.82, 2.24) is 9.78 Å². The number of benzene rings is 1. The van der Waals surface area contributed by atoms with E-state index in [9.17, 15) is 9.59 Å². The van der Waals surface area contributed by atoms with Gasteiger partial charge in [0.05, 0.1) is 17.7 Å². The summed E-state index contributed by atoms with van der Waals surface area (Å²) < 4.78 is 7.82. The van der Waals surface area contributed by atoms with Gasteiger partial charge in [-0.1, -0.05) is 12.1 Å². The number of fused-ring (bicyclic) bond motifs is 1. The molecule has 2 N–H and O–H groups in total. The molecule has 1 aliphatic rings. The van der Waals surface area contributed by atoms with Crippen molar-refractivity contribution < 1.29 is 19.1 Å². The van der Waals surface area contributed by atoms with E-state index in [1.54, 1.807) is 35.1 Å². The summed E-state index contributed by atoms with van der Waals surface area (Å²) >= 11 is 0. The van der Waals surface area contributed by atoms with Crippen LogP contribution in [0.5, 0.6) is 0 Å². The lowest BCUT2D eigenvalue weighted by molar-refractivity contribution is -0.116. The van der Waals surface area contributed by atoms with E-state index in [-0.39, 0.29) is 23.4 Å². The number of aromatic nitrogens is 2. The summed E-state index contributed by atoms with van der Waals surface area (Å²) in [6, 6.07) is 10.3. The zero-order valence-electron chi connectivity index (χ0n) is 15.0. The van der Waals surface area contributed by atoms with E-state index >= 15 is 0 Å². The van der Waals surface area contributed by atoms with Crippen molar-refractivity contribution in [3.63, 3.8) is 0 Å². The van der Waals surface area contributed by atoms with Gasteiger partial charge in [0.1, 0.15) is 17.3 Å². The maximum absolute atomic E-state index is 12.2. The van der Waals surface area contributed by atoms with E-state index in [4.69, 9.17) is 9.52 Å². The predicted octanol–water partition coefficient (Wildman–Crippen LogP) is 3.90. The third-order valence-corrected chi connectivity index (χ3v) is 4.72. The molecule has 138 valence electrons. The van der Waals surface area contributed by atoms with Crippen molar-refractivity contribution in [1.29, 1.82) is 0 Å². The standard InChI is InChI=1S/C20H19N3O4/c1-11(2)23-19-15(10-21-23)14(9-18(24)22-19)17-8-7-16(27-17)12-3-5-13(6-4-12)20(25)26/h3-8,10-11,14H,9H2,1-2H3,(H,22,24)(H,25,26). The zero-order chi connectivity index (χ0) is 19.1. The summed E-state index contributed by atoms with van der Waals surface area (Å²) in [5.41, 5.74) is 1.94. The van der Waals surface area contributed by atoms with Crippen LogP contribution in [-0.2, 0) is 4.79 Å². The molecule has 0 bridgehead atoms. The topological polar surface area (TPSA) is 97.4 Å². The van der Waals surface area contributed by atoms with Crippen LogP contribution in [0.2, 0.25) is 0 Å². The average Bonchev–Trinajstić information content (AvgIpc) is 3.28. The van der Waals surface area contributed by atoms with Crippen LogP contribution in [0.4, 0.5) is 5.82 Å². The molecular formula is C20H19N3O4. The van der Waals surface area contributed by atoms with Crippen LogP contribution in [0.25, 0.3) is 11.3 Å². The molecule has 0 saturated heterocycles. The van der Waals surface area contributed by atoms with E-state index in [1.165, 1.54) is 0 Å². The largest absolute Gasteiger partial charge is 0.478 e. The maximum atomic E-state index is 12.2. The third-order valence-electron chi connectivity index (χ3n) is 4.72. The Morgan fingerprint density at radius 3 is 2.67 bits per heavy atom. The monoisotopic (exact) mass is 365 g/mol. The molecular weight excluding hydrogens is 346 g/mol. The van der Waals surface area contributed by atoms with E-state index in [0.29, 0.717) is 17.9 Å². The molecule has 1 atom stereocenters. The van der Waals surface area contributed by atoms with Crippen molar-refractivity contribution in [3.8, 4) is 11.3 Å². The van der Waals surface area contributed by atoms with Gasteiger partial charge < -0.3 is 14.8 Å². The van der Waals surface area contributed by atoms with Gasteiger partial charge in [-0.3, -0.25) is 4.79 Å². The van der Waals surface area contributed by atoms with Crippen molar-refractivity contribution in [2.75, 3.05) is 5.32 Å². The number of carboxylic acid groups (broad SMARTS) is 1. The second kappa shape index (κ2) is 6.42. The number of furan rings is 1. The van der Waals surface area contributed by atoms with Gasteiger partial charge in [-0.25, -0.2) is 9.48 Å². The quantitative estimate of drug-likeness (QED) is 0.731. The molecule has 27 heavy (non-hydrogen) atoms. The Balaban J connectivity index is 1.68. The molecule has 7 nitrogen and oxygen atoms in total. The van der Waals surface area contributed by atoms with Crippen LogP contribution < -0.4 is 5.32 Å². The second-order valence-corrected chi connectivity index (χ2v) is 6.88. The highest BCUT2D eigenvalue weighted by Gasteiger charge is 2.32. The fourth-order valence-corrected chi connectivity index (χ4v) is 3.36. The molecule has 0 spiro atoms. The lowest BCUT2D eigenvalue weighted by atomic mass is 9.92. The summed E-state index contributed by atoms with van der Waals surface area (Å²) in [6.45, 7) is 4.02. The van der Waals surface area contributed by atoms with E-state index in [0.717, 1.165) is 16.9 Å². The lowest BCUT2D eigenvalue weighted by Gasteiger charge is -2.23. The number of rotatable bonds is 4. The van der Waals surface area contributed by atoms with Crippen LogP contribution in [-0.4, -0.2) is 26.8 Å². The molecule has 0 fully saturated rings. The number of carbonyl (C=O) groups excluding carboxylic acids is 1. The molecule has 1 aromatic carbocycles. The number of anilines is 1.